The van der Waals surface area contributed by atoms with Crippen molar-refractivity contribution in [3.63, 3.8) is 0 Å². The molecule has 0 unspecified atom stereocenters. The highest BCUT2D eigenvalue weighted by Gasteiger charge is 2.29. The third-order valence-electron chi connectivity index (χ3n) is 2.13. The third kappa shape index (κ3) is 4.42. The van der Waals surface area contributed by atoms with Crippen LogP contribution in [0.15, 0.2) is 40.7 Å². The number of ether oxygens (including phenoxy) is 1. The van der Waals surface area contributed by atoms with E-state index in [4.69, 9.17) is 4.74 Å². The van der Waals surface area contributed by atoms with Crippen LogP contribution in [0.1, 0.15) is 5.56 Å². The Hall–Kier alpha value is -1.74. The molecule has 9 heteroatoms. The second kappa shape index (κ2) is 6.14. The van der Waals surface area contributed by atoms with Gasteiger partial charge in [-0.1, -0.05) is 38.1 Å². The molecule has 0 atom stereocenters. The lowest BCUT2D eigenvalue weighted by Gasteiger charge is -2.02. The van der Waals surface area contributed by atoms with E-state index in [9.17, 15) is 24.6 Å². The molecule has 1 rings (SSSR count). The molecule has 20 heavy (non-hydrogen) atoms. The van der Waals surface area contributed by atoms with Gasteiger partial charge in [0.2, 0.25) is 4.24 Å². The Labute approximate surface area is 115 Å². The quantitative estimate of drug-likeness (QED) is 0.612. The van der Waals surface area contributed by atoms with E-state index in [1.807, 2.05) is 0 Å². The molecule has 0 saturated carbocycles. The molecule has 0 amide bonds. The maximum absolute atomic E-state index is 12.6. The summed E-state index contributed by atoms with van der Waals surface area (Å²) in [6.07, 6.45) is 2.45. The predicted octanol–water partition coefficient (Wildman–Crippen LogP) is 2.15. The van der Waals surface area contributed by atoms with Gasteiger partial charge in [-0.2, -0.15) is 16.8 Å². The molecule has 1 aromatic carbocycles. The van der Waals surface area contributed by atoms with Gasteiger partial charge in [-0.05, 0) is 12.1 Å². The van der Waals surface area contributed by atoms with Gasteiger partial charge in [-0.15, -0.1) is 0 Å². The minimum atomic E-state index is -5.68. The van der Waals surface area contributed by atoms with Gasteiger partial charge in [0.1, 0.15) is 5.75 Å². The van der Waals surface area contributed by atoms with E-state index in [2.05, 4.69) is 0 Å². The Morgan fingerprint density at radius 3 is 2.15 bits per heavy atom. The van der Waals surface area contributed by atoms with Crippen LogP contribution in [-0.4, -0.2) is 23.9 Å². The van der Waals surface area contributed by atoms with Crippen LogP contribution in [0, 0.1) is 0 Å². The second-order valence-corrected chi connectivity index (χ2v) is 6.35. The average Bonchev–Trinajstić information content (AvgIpc) is 2.32. The van der Waals surface area contributed by atoms with Gasteiger partial charge in [0, 0.05) is 5.56 Å². The van der Waals surface area contributed by atoms with Crippen molar-refractivity contribution in [1.82, 2.24) is 0 Å². The van der Waals surface area contributed by atoms with E-state index in [1.165, 1.54) is 13.2 Å². The van der Waals surface area contributed by atoms with E-state index < -0.39 is 24.7 Å². The van der Waals surface area contributed by atoms with Gasteiger partial charge in [0.15, 0.2) is 0 Å². The number of benzene rings is 1. The van der Waals surface area contributed by atoms with E-state index in [1.54, 1.807) is 24.3 Å². The van der Waals surface area contributed by atoms with E-state index in [0.717, 1.165) is 6.08 Å². The molecule has 0 fully saturated rings. The van der Waals surface area contributed by atoms with Crippen LogP contribution < -0.4 is 4.74 Å². The zero-order valence-electron chi connectivity index (χ0n) is 10.2. The maximum Gasteiger partial charge on any atom is 0.345 e. The fourth-order valence-electron chi connectivity index (χ4n) is 1.32. The second-order valence-electron chi connectivity index (χ2n) is 3.46. The highest BCUT2D eigenvalue weighted by molar-refractivity contribution is 8.09. The zero-order valence-corrected chi connectivity index (χ0v) is 11.8. The summed E-state index contributed by atoms with van der Waals surface area (Å²) in [5, 5.41) is 0. The molecule has 0 saturated heterocycles. The van der Waals surface area contributed by atoms with Gasteiger partial charge in [-0.25, -0.2) is 0 Å². The number of para-hydroxylation sites is 1. The van der Waals surface area contributed by atoms with Gasteiger partial charge < -0.3 is 4.74 Å². The fraction of sp³-hybridized carbons (Fsp3) is 0.0909. The summed E-state index contributed by atoms with van der Waals surface area (Å²) >= 11 is 0. The first-order chi connectivity index (χ1) is 9.16. The van der Waals surface area contributed by atoms with Gasteiger partial charge in [-0.3, -0.25) is 0 Å². The van der Waals surface area contributed by atoms with Crippen LogP contribution in [0.25, 0.3) is 6.08 Å². The standard InChI is InChI=1S/C11H10F2O5S2/c1-18-10-7-3-2-5-9(10)6-4-8-11(19(12,14)15)20(13,16)17/h2-8H,1H3/b6-4+. The first kappa shape index (κ1) is 16.3. The SMILES string of the molecule is COc1ccccc1/C=C/C=C(S(=O)(=O)F)S(=O)(=O)F. The summed E-state index contributed by atoms with van der Waals surface area (Å²) in [4.78, 5) is 0. The van der Waals surface area contributed by atoms with Crippen LogP contribution in [0.5, 0.6) is 5.75 Å². The molecule has 0 aliphatic carbocycles. The molecule has 0 heterocycles. The lowest BCUT2D eigenvalue weighted by Crippen LogP contribution is -2.04. The molecular formula is C11H10F2O5S2. The molecule has 110 valence electrons. The van der Waals surface area contributed by atoms with E-state index in [-0.39, 0.29) is 0 Å². The lowest BCUT2D eigenvalue weighted by molar-refractivity contribution is 0.414. The Morgan fingerprint density at radius 2 is 1.65 bits per heavy atom. The molecule has 0 aromatic heterocycles. The molecule has 0 aliphatic heterocycles. The van der Waals surface area contributed by atoms with Crippen molar-refractivity contribution in [2.24, 2.45) is 0 Å². The Morgan fingerprint density at radius 1 is 1.10 bits per heavy atom. The fourth-order valence-corrected chi connectivity index (χ4v) is 2.75. The molecule has 0 aliphatic rings. The van der Waals surface area contributed by atoms with Crippen LogP contribution in [-0.2, 0) is 20.4 Å². The Bertz CT molecular complexity index is 715. The Kier molecular flexibility index (Phi) is 5.01. The van der Waals surface area contributed by atoms with Crippen LogP contribution >= 0.6 is 0 Å². The largest absolute Gasteiger partial charge is 0.496 e. The zero-order chi connectivity index (χ0) is 15.4. The maximum atomic E-state index is 12.6. The molecular weight excluding hydrogens is 314 g/mol. The van der Waals surface area contributed by atoms with Gasteiger partial charge in [0.05, 0.1) is 7.11 Å². The van der Waals surface area contributed by atoms with Gasteiger partial charge in [0.25, 0.3) is 0 Å². The first-order valence-electron chi connectivity index (χ1n) is 5.07. The van der Waals surface area contributed by atoms with Crippen molar-refractivity contribution in [2.45, 2.75) is 0 Å². The number of hydrogen-bond acceptors (Lipinski definition) is 5. The van der Waals surface area contributed by atoms with Crippen molar-refractivity contribution >= 4 is 26.5 Å². The van der Waals surface area contributed by atoms with Crippen molar-refractivity contribution < 1.29 is 29.3 Å². The predicted molar refractivity (Wildman–Crippen MR) is 70.2 cm³/mol. The number of allylic oxidation sites excluding steroid dienone is 2. The number of methoxy groups -OCH3 is 1. The van der Waals surface area contributed by atoms with E-state index >= 15 is 0 Å². The highest BCUT2D eigenvalue weighted by atomic mass is 32.3. The van der Waals surface area contributed by atoms with Crippen molar-refractivity contribution in [2.75, 3.05) is 7.11 Å². The molecule has 0 bridgehead atoms. The van der Waals surface area contributed by atoms with Crippen LogP contribution in [0.2, 0.25) is 0 Å². The molecule has 0 spiro atoms. The Balaban J connectivity index is 3.21. The molecule has 0 radical (unpaired) electrons. The first-order valence-corrected chi connectivity index (χ1v) is 7.83. The van der Waals surface area contributed by atoms with E-state index in [0.29, 0.717) is 17.4 Å². The molecule has 5 nitrogen and oxygen atoms in total. The summed E-state index contributed by atoms with van der Waals surface area (Å²) < 4.78 is 70.4. The van der Waals surface area contributed by atoms with Crippen LogP contribution in [0.3, 0.4) is 0 Å². The number of halogens is 2. The highest BCUT2D eigenvalue weighted by Crippen LogP contribution is 2.21. The lowest BCUT2D eigenvalue weighted by atomic mass is 10.2. The third-order valence-corrected chi connectivity index (χ3v) is 4.56. The topological polar surface area (TPSA) is 77.5 Å². The minimum Gasteiger partial charge on any atom is -0.496 e. The summed E-state index contributed by atoms with van der Waals surface area (Å²) in [7, 11) is -9.96. The summed E-state index contributed by atoms with van der Waals surface area (Å²) in [6, 6.07) is 6.50. The monoisotopic (exact) mass is 324 g/mol. The summed E-state index contributed by atoms with van der Waals surface area (Å²) in [5.41, 5.74) is 0.470. The smallest absolute Gasteiger partial charge is 0.345 e. The molecule has 0 N–H and O–H groups in total. The molecule has 1 aromatic rings. The van der Waals surface area contributed by atoms with Crippen LogP contribution in [0.4, 0.5) is 7.77 Å². The number of rotatable bonds is 5. The minimum absolute atomic E-state index is 0.317. The van der Waals surface area contributed by atoms with Crippen molar-refractivity contribution in [3.8, 4) is 5.75 Å². The van der Waals surface area contributed by atoms with Crippen molar-refractivity contribution in [3.05, 3.63) is 46.2 Å². The average molecular weight is 324 g/mol. The number of hydrogen-bond donors (Lipinski definition) is 0. The summed E-state index contributed by atoms with van der Waals surface area (Å²) in [5.74, 6) is 0.421. The normalized spacial score (nSPS) is 12.3. The summed E-state index contributed by atoms with van der Waals surface area (Å²) in [6.45, 7) is 0. The van der Waals surface area contributed by atoms with Gasteiger partial charge >= 0.3 is 20.4 Å². The van der Waals surface area contributed by atoms with Crippen molar-refractivity contribution in [1.29, 1.82) is 0 Å².